The van der Waals surface area contributed by atoms with Crippen LogP contribution in [0.25, 0.3) is 0 Å². The second-order valence-corrected chi connectivity index (χ2v) is 9.67. The zero-order valence-corrected chi connectivity index (χ0v) is 18.0. The lowest BCUT2D eigenvalue weighted by Crippen LogP contribution is -2.58. The van der Waals surface area contributed by atoms with Gasteiger partial charge in [-0.15, -0.1) is 0 Å². The van der Waals surface area contributed by atoms with Crippen molar-refractivity contribution in [2.24, 2.45) is 5.92 Å². The zero-order chi connectivity index (χ0) is 21.1. The Hall–Kier alpha value is -1.97. The maximum atomic E-state index is 13.0. The molecule has 0 bridgehead atoms. The normalized spacial score (nSPS) is 17.0. The molecule has 0 saturated carbocycles. The summed E-state index contributed by atoms with van der Waals surface area (Å²) in [4.78, 5) is 27.3. The van der Waals surface area contributed by atoms with E-state index in [9.17, 15) is 18.0 Å². The quantitative estimate of drug-likeness (QED) is 0.748. The number of aryl methyl sites for hydroxylation is 1. The van der Waals surface area contributed by atoms with Crippen LogP contribution in [0.2, 0.25) is 0 Å². The second-order valence-electron chi connectivity index (χ2n) is 7.52. The van der Waals surface area contributed by atoms with Crippen LogP contribution < -0.4 is 5.32 Å². The maximum Gasteiger partial charge on any atom is 0.281 e. The summed E-state index contributed by atoms with van der Waals surface area (Å²) < 4.78 is 27.0. The molecule has 2 rings (SSSR count). The van der Waals surface area contributed by atoms with Crippen molar-refractivity contribution in [2.75, 3.05) is 40.3 Å². The lowest BCUT2D eigenvalue weighted by molar-refractivity contribution is -0.135. The van der Waals surface area contributed by atoms with Crippen molar-refractivity contribution in [3.8, 4) is 0 Å². The molecule has 1 aliphatic heterocycles. The lowest BCUT2D eigenvalue weighted by atomic mass is 10.0. The number of nitrogens with zero attached hydrogens (tertiary/aromatic N) is 3. The van der Waals surface area contributed by atoms with Gasteiger partial charge in [0.15, 0.2) is 0 Å². The Morgan fingerprint density at radius 1 is 1.07 bits per heavy atom. The van der Waals surface area contributed by atoms with Crippen LogP contribution >= 0.6 is 0 Å². The van der Waals surface area contributed by atoms with Crippen molar-refractivity contribution < 1.29 is 18.0 Å². The van der Waals surface area contributed by atoms with Gasteiger partial charge in [0.25, 0.3) is 16.1 Å². The average molecular weight is 411 g/mol. The molecule has 0 aromatic heterocycles. The predicted molar refractivity (Wildman–Crippen MR) is 108 cm³/mol. The highest BCUT2D eigenvalue weighted by Gasteiger charge is 2.34. The van der Waals surface area contributed by atoms with Gasteiger partial charge in [-0.3, -0.25) is 9.59 Å². The van der Waals surface area contributed by atoms with Crippen LogP contribution in [0.3, 0.4) is 0 Å². The molecule has 1 atom stereocenters. The number of benzene rings is 1. The van der Waals surface area contributed by atoms with E-state index in [0.717, 1.165) is 5.56 Å². The van der Waals surface area contributed by atoms with Crippen molar-refractivity contribution in [2.45, 2.75) is 26.8 Å². The van der Waals surface area contributed by atoms with Crippen molar-refractivity contribution >= 4 is 22.0 Å². The van der Waals surface area contributed by atoms with Gasteiger partial charge in [-0.2, -0.15) is 17.0 Å². The number of hydrogen-bond acceptors (Lipinski definition) is 4. The van der Waals surface area contributed by atoms with Gasteiger partial charge < -0.3 is 10.2 Å². The number of hydrogen-bond donors (Lipinski definition) is 1. The highest BCUT2D eigenvalue weighted by Crippen LogP contribution is 2.14. The first kappa shape index (κ1) is 22.3. The molecule has 8 nitrogen and oxygen atoms in total. The first-order chi connectivity index (χ1) is 13.1. The van der Waals surface area contributed by atoms with Crippen molar-refractivity contribution in [1.82, 2.24) is 18.8 Å². The third kappa shape index (κ3) is 4.89. The number of amides is 2. The molecule has 156 valence electrons. The predicted octanol–water partition coefficient (Wildman–Crippen LogP) is 0.700. The summed E-state index contributed by atoms with van der Waals surface area (Å²) in [6.45, 7) is 6.70. The van der Waals surface area contributed by atoms with Crippen molar-refractivity contribution in [3.05, 3.63) is 35.4 Å². The van der Waals surface area contributed by atoms with E-state index in [1.807, 2.05) is 32.9 Å². The van der Waals surface area contributed by atoms with Gasteiger partial charge in [-0.1, -0.05) is 32.0 Å². The summed E-state index contributed by atoms with van der Waals surface area (Å²) >= 11 is 0. The zero-order valence-electron chi connectivity index (χ0n) is 17.2. The van der Waals surface area contributed by atoms with Crippen LogP contribution in [0.4, 0.5) is 0 Å². The molecule has 9 heteroatoms. The van der Waals surface area contributed by atoms with Crippen molar-refractivity contribution in [1.29, 1.82) is 0 Å². The molecule has 1 aromatic rings. The highest BCUT2D eigenvalue weighted by molar-refractivity contribution is 7.86. The van der Waals surface area contributed by atoms with E-state index in [1.54, 1.807) is 17.0 Å². The molecule has 1 saturated heterocycles. The SMILES string of the molecule is Cc1ccccc1C(=O)NC(C(=O)N1CCN(S(=O)(=O)N(C)C)CC1)C(C)C. The molecular formula is C19H30N4O4S. The minimum Gasteiger partial charge on any atom is -0.340 e. The largest absolute Gasteiger partial charge is 0.340 e. The Labute approximate surface area is 167 Å². The maximum absolute atomic E-state index is 13.0. The van der Waals surface area contributed by atoms with E-state index in [4.69, 9.17) is 0 Å². The van der Waals surface area contributed by atoms with Gasteiger partial charge in [0.2, 0.25) is 5.91 Å². The summed E-state index contributed by atoms with van der Waals surface area (Å²) in [6, 6.07) is 6.57. The smallest absolute Gasteiger partial charge is 0.281 e. The Kier molecular flexibility index (Phi) is 7.19. The first-order valence-corrected chi connectivity index (χ1v) is 10.8. The van der Waals surface area contributed by atoms with Crippen LogP contribution in [-0.4, -0.2) is 80.1 Å². The second kappa shape index (κ2) is 9.02. The molecule has 1 aliphatic rings. The Balaban J connectivity index is 2.06. The summed E-state index contributed by atoms with van der Waals surface area (Å²) in [5.41, 5.74) is 1.39. The van der Waals surface area contributed by atoms with Crippen molar-refractivity contribution in [3.63, 3.8) is 0 Å². The van der Waals surface area contributed by atoms with Gasteiger partial charge in [0, 0.05) is 45.8 Å². The van der Waals surface area contributed by atoms with Gasteiger partial charge in [0.1, 0.15) is 6.04 Å². The van der Waals surface area contributed by atoms with Crippen LogP contribution in [-0.2, 0) is 15.0 Å². The Morgan fingerprint density at radius 2 is 1.64 bits per heavy atom. The molecule has 1 heterocycles. The number of nitrogens with one attached hydrogen (secondary N) is 1. The van der Waals surface area contributed by atoms with E-state index < -0.39 is 16.3 Å². The number of carbonyl (C=O) groups excluding carboxylic acids is 2. The average Bonchev–Trinajstić information content (AvgIpc) is 2.65. The van der Waals surface area contributed by atoms with E-state index in [0.29, 0.717) is 18.7 Å². The van der Waals surface area contributed by atoms with E-state index >= 15 is 0 Å². The summed E-state index contributed by atoms with van der Waals surface area (Å²) in [5, 5.41) is 2.86. The fraction of sp³-hybridized carbons (Fsp3) is 0.579. The van der Waals surface area contributed by atoms with Gasteiger partial charge in [-0.05, 0) is 24.5 Å². The molecular weight excluding hydrogens is 380 g/mol. The minimum atomic E-state index is -3.49. The van der Waals surface area contributed by atoms with E-state index in [1.165, 1.54) is 22.7 Å². The summed E-state index contributed by atoms with van der Waals surface area (Å²) in [6.07, 6.45) is 0. The van der Waals surface area contributed by atoms with Gasteiger partial charge in [-0.25, -0.2) is 0 Å². The third-order valence-electron chi connectivity index (χ3n) is 4.95. The van der Waals surface area contributed by atoms with Crippen LogP contribution in [0, 0.1) is 12.8 Å². The monoisotopic (exact) mass is 410 g/mol. The Bertz CT molecular complexity index is 815. The molecule has 0 radical (unpaired) electrons. The van der Waals surface area contributed by atoms with Gasteiger partial charge >= 0.3 is 0 Å². The summed E-state index contributed by atoms with van der Waals surface area (Å²) in [5.74, 6) is -0.554. The molecule has 1 aromatic carbocycles. The number of piperazine rings is 1. The first-order valence-electron chi connectivity index (χ1n) is 9.38. The van der Waals surface area contributed by atoms with Crippen LogP contribution in [0.15, 0.2) is 24.3 Å². The van der Waals surface area contributed by atoms with E-state index in [2.05, 4.69) is 5.32 Å². The molecule has 2 amide bonds. The van der Waals surface area contributed by atoms with Gasteiger partial charge in [0.05, 0.1) is 0 Å². The van der Waals surface area contributed by atoms with Crippen LogP contribution in [0.5, 0.6) is 0 Å². The lowest BCUT2D eigenvalue weighted by Gasteiger charge is -2.37. The number of rotatable bonds is 6. The number of carbonyl (C=O) groups is 2. The fourth-order valence-electron chi connectivity index (χ4n) is 3.13. The molecule has 28 heavy (non-hydrogen) atoms. The molecule has 1 unspecified atom stereocenters. The minimum absolute atomic E-state index is 0.0935. The Morgan fingerprint density at radius 3 is 2.14 bits per heavy atom. The third-order valence-corrected chi connectivity index (χ3v) is 6.89. The fourth-order valence-corrected chi connectivity index (χ4v) is 4.21. The highest BCUT2D eigenvalue weighted by atomic mass is 32.2. The van der Waals surface area contributed by atoms with E-state index in [-0.39, 0.29) is 30.8 Å². The molecule has 1 fully saturated rings. The topological polar surface area (TPSA) is 90.0 Å². The molecule has 0 aliphatic carbocycles. The standard InChI is InChI=1S/C19H30N4O4S/c1-14(2)17(20-18(24)16-9-7-6-8-15(16)3)19(25)22-10-12-23(13-11-22)28(26,27)21(4)5/h6-9,14,17H,10-13H2,1-5H3,(H,20,24). The molecule has 0 spiro atoms. The van der Waals surface area contributed by atoms with Crippen LogP contribution in [0.1, 0.15) is 29.8 Å². The summed E-state index contributed by atoms with van der Waals surface area (Å²) in [7, 11) is -0.509. The molecule has 1 N–H and O–H groups in total.